The molecule has 2 rings (SSSR count). The minimum absolute atomic E-state index is 0.0224. The van der Waals surface area contributed by atoms with E-state index in [2.05, 4.69) is 4.74 Å². The number of hydrogen-bond donors (Lipinski definition) is 2. The molecule has 57 heavy (non-hydrogen) atoms. The number of ether oxygens (including phenoxy) is 7. The van der Waals surface area contributed by atoms with Crippen LogP contribution in [0.2, 0.25) is 6.04 Å². The molecule has 0 amide bonds. The first kappa shape index (κ1) is 48.3. The van der Waals surface area contributed by atoms with Crippen LogP contribution in [0.5, 0.6) is 17.2 Å². The van der Waals surface area contributed by atoms with Crippen LogP contribution in [0.3, 0.4) is 0 Å². The Bertz CT molecular complexity index is 1690. The molecule has 0 spiro atoms. The van der Waals surface area contributed by atoms with Crippen LogP contribution in [0.25, 0.3) is 6.08 Å². The van der Waals surface area contributed by atoms with Crippen molar-refractivity contribution in [3.63, 3.8) is 0 Å². The first-order valence-corrected chi connectivity index (χ1v) is 20.2. The molecule has 17 heteroatoms. The molecule has 0 aromatic heterocycles. The van der Waals surface area contributed by atoms with Gasteiger partial charge in [-0.1, -0.05) is 13.0 Å². The van der Waals surface area contributed by atoms with E-state index in [0.717, 1.165) is 0 Å². The SMILES string of the molecule is CCC(C)(CC(C)(CC(C)(C)C(=O)OCCC[Si](O)(OC)OC)C(=O)OCCO)C(=O)OCOc1ccc(C(=O)Oc2ccc(/C=C/C(=O)OC)cc2OC)cc1. The van der Waals surface area contributed by atoms with E-state index < -0.39 is 68.3 Å². The zero-order valence-corrected chi connectivity index (χ0v) is 35.2. The van der Waals surface area contributed by atoms with Gasteiger partial charge in [-0.05, 0) is 101 Å². The van der Waals surface area contributed by atoms with Crippen molar-refractivity contribution in [3.8, 4) is 17.2 Å². The van der Waals surface area contributed by atoms with Crippen LogP contribution >= 0.6 is 0 Å². The molecule has 0 aliphatic heterocycles. The number of carbonyl (C=O) groups is 5. The Balaban J connectivity index is 2.08. The lowest BCUT2D eigenvalue weighted by molar-refractivity contribution is -0.171. The van der Waals surface area contributed by atoms with Crippen LogP contribution in [0, 0.1) is 16.2 Å². The van der Waals surface area contributed by atoms with Gasteiger partial charge in [0.25, 0.3) is 0 Å². The summed E-state index contributed by atoms with van der Waals surface area (Å²) < 4.78 is 47.5. The second kappa shape index (κ2) is 22.2. The van der Waals surface area contributed by atoms with Crippen molar-refractivity contribution in [1.29, 1.82) is 0 Å². The van der Waals surface area contributed by atoms with Gasteiger partial charge in [0, 0.05) is 26.3 Å². The van der Waals surface area contributed by atoms with Crippen LogP contribution < -0.4 is 14.2 Å². The highest BCUT2D eigenvalue weighted by atomic mass is 28.4. The van der Waals surface area contributed by atoms with Crippen molar-refractivity contribution >= 4 is 44.7 Å². The zero-order chi connectivity index (χ0) is 42.9. The number of esters is 5. The summed E-state index contributed by atoms with van der Waals surface area (Å²) >= 11 is 0. The van der Waals surface area contributed by atoms with Gasteiger partial charge in [-0.25, -0.2) is 9.59 Å². The number of carbonyl (C=O) groups excluding carboxylic acids is 5. The lowest BCUT2D eigenvalue weighted by Gasteiger charge is -2.39. The first-order valence-electron chi connectivity index (χ1n) is 18.2. The van der Waals surface area contributed by atoms with Gasteiger partial charge in [0.1, 0.15) is 12.4 Å². The van der Waals surface area contributed by atoms with E-state index >= 15 is 0 Å². The Hall–Kier alpha value is -4.81. The molecule has 0 aliphatic rings. The summed E-state index contributed by atoms with van der Waals surface area (Å²) in [5.74, 6) is -2.48. The second-order valence-electron chi connectivity index (χ2n) is 14.3. The third-order valence-electron chi connectivity index (χ3n) is 9.27. The third kappa shape index (κ3) is 14.6. The van der Waals surface area contributed by atoms with Crippen molar-refractivity contribution in [2.45, 2.75) is 66.3 Å². The number of hydrogen-bond acceptors (Lipinski definition) is 16. The number of aliphatic hydroxyl groups is 1. The summed E-state index contributed by atoms with van der Waals surface area (Å²) in [6.45, 7) is 7.01. The lowest BCUT2D eigenvalue weighted by atomic mass is 9.65. The normalized spacial score (nSPS) is 13.8. The van der Waals surface area contributed by atoms with Gasteiger partial charge in [0.05, 0.1) is 49.2 Å². The quantitative estimate of drug-likeness (QED) is 0.0274. The van der Waals surface area contributed by atoms with Crippen LogP contribution in [0.15, 0.2) is 48.5 Å². The van der Waals surface area contributed by atoms with Crippen molar-refractivity contribution in [3.05, 3.63) is 59.7 Å². The standard InChI is InChI=1S/C40H56O16Si/c1-10-39(4,26-40(5,37(46)53-22-20-41)25-38(2,3)35(44)52-21-11-23-57(47,50-8)51-9)36(45)55-27-54-30-16-14-29(15-17-30)34(43)56-31-18-12-28(24-32(31)48-6)13-19-33(42)49-7/h12-19,24,41,47H,10-11,20-23,25-27H2,1-9H3/b19-13+. The zero-order valence-electron chi connectivity index (χ0n) is 34.2. The lowest BCUT2D eigenvalue weighted by Crippen LogP contribution is -2.44. The fraction of sp³-hybridized carbons (Fsp3) is 0.525. The molecule has 2 aromatic rings. The Morgan fingerprint density at radius 3 is 1.98 bits per heavy atom. The fourth-order valence-electron chi connectivity index (χ4n) is 5.99. The summed E-state index contributed by atoms with van der Waals surface area (Å²) in [5.41, 5.74) is -3.05. The maximum atomic E-state index is 13.6. The predicted molar refractivity (Wildman–Crippen MR) is 207 cm³/mol. The van der Waals surface area contributed by atoms with Crippen molar-refractivity contribution in [1.82, 2.24) is 0 Å². The molecule has 316 valence electrons. The topological polar surface area (TPSA) is 209 Å². The van der Waals surface area contributed by atoms with Gasteiger partial charge in [-0.2, -0.15) is 0 Å². The second-order valence-corrected chi connectivity index (χ2v) is 17.0. The van der Waals surface area contributed by atoms with E-state index in [1.807, 2.05) is 0 Å². The van der Waals surface area contributed by atoms with E-state index in [-0.39, 0.29) is 67.8 Å². The molecule has 0 saturated carbocycles. The summed E-state index contributed by atoms with van der Waals surface area (Å²) in [6.07, 6.45) is 3.15. The summed E-state index contributed by atoms with van der Waals surface area (Å²) in [4.78, 5) is 74.8. The smallest absolute Gasteiger partial charge is 0.493 e. The van der Waals surface area contributed by atoms with E-state index in [4.69, 9.17) is 37.3 Å². The monoisotopic (exact) mass is 820 g/mol. The molecule has 0 bridgehead atoms. The van der Waals surface area contributed by atoms with E-state index in [1.54, 1.807) is 46.8 Å². The Labute approximate surface area is 334 Å². The molecule has 16 nitrogen and oxygen atoms in total. The highest BCUT2D eigenvalue weighted by Gasteiger charge is 2.50. The van der Waals surface area contributed by atoms with Gasteiger partial charge in [0.15, 0.2) is 11.5 Å². The molecule has 2 unspecified atom stereocenters. The molecule has 2 aromatic carbocycles. The van der Waals surface area contributed by atoms with E-state index in [1.165, 1.54) is 70.9 Å². The maximum absolute atomic E-state index is 13.6. The van der Waals surface area contributed by atoms with Crippen LogP contribution in [0.1, 0.15) is 76.2 Å². The molecule has 2 N–H and O–H groups in total. The van der Waals surface area contributed by atoms with Gasteiger partial charge < -0.3 is 51.9 Å². The third-order valence-corrected chi connectivity index (χ3v) is 11.5. The largest absolute Gasteiger partial charge is 0.497 e. The predicted octanol–water partition coefficient (Wildman–Crippen LogP) is 4.90. The van der Waals surface area contributed by atoms with E-state index in [0.29, 0.717) is 5.56 Å². The number of rotatable bonds is 24. The number of aliphatic hydroxyl groups excluding tert-OH is 1. The number of methoxy groups -OCH3 is 2. The van der Waals surface area contributed by atoms with Crippen molar-refractivity contribution in [2.24, 2.45) is 16.2 Å². The Kier molecular flexibility index (Phi) is 18.8. The van der Waals surface area contributed by atoms with Crippen molar-refractivity contribution in [2.75, 3.05) is 55.1 Å². The molecule has 0 radical (unpaired) electrons. The van der Waals surface area contributed by atoms with Crippen LogP contribution in [0.4, 0.5) is 0 Å². The molecule has 0 aliphatic carbocycles. The highest BCUT2D eigenvalue weighted by Crippen LogP contribution is 2.46. The Morgan fingerprint density at radius 1 is 0.772 bits per heavy atom. The minimum Gasteiger partial charge on any atom is -0.493 e. The maximum Gasteiger partial charge on any atom is 0.497 e. The average Bonchev–Trinajstić information content (AvgIpc) is 3.20. The molecule has 0 heterocycles. The molecular weight excluding hydrogens is 765 g/mol. The highest BCUT2D eigenvalue weighted by molar-refractivity contribution is 6.59. The van der Waals surface area contributed by atoms with Gasteiger partial charge in [-0.3, -0.25) is 14.4 Å². The van der Waals surface area contributed by atoms with Crippen LogP contribution in [-0.2, 0) is 47.0 Å². The summed E-state index contributed by atoms with van der Waals surface area (Å²) in [6, 6.07) is 10.8. The molecule has 0 saturated heterocycles. The molecule has 0 fully saturated rings. The van der Waals surface area contributed by atoms with Gasteiger partial charge >= 0.3 is 38.7 Å². The fourth-order valence-corrected chi connectivity index (χ4v) is 7.15. The Morgan fingerprint density at radius 2 is 1.40 bits per heavy atom. The summed E-state index contributed by atoms with van der Waals surface area (Å²) in [7, 11) is 2.02. The molecular formula is C40H56O16Si. The first-order chi connectivity index (χ1) is 26.8. The average molecular weight is 821 g/mol. The summed E-state index contributed by atoms with van der Waals surface area (Å²) in [5, 5.41) is 9.32. The van der Waals surface area contributed by atoms with E-state index in [9.17, 15) is 33.9 Å². The van der Waals surface area contributed by atoms with Gasteiger partial charge in [-0.15, -0.1) is 0 Å². The van der Waals surface area contributed by atoms with Crippen molar-refractivity contribution < 1.29 is 75.9 Å². The molecule has 2 atom stereocenters. The van der Waals surface area contributed by atoms with Gasteiger partial charge in [0.2, 0.25) is 6.79 Å². The van der Waals surface area contributed by atoms with Crippen LogP contribution in [-0.4, -0.2) is 104 Å². The number of benzene rings is 2. The minimum atomic E-state index is -3.34.